The standard InChI is InChI=1S/C22H33N5OS/c1-25-10-5-19(6-11-25)27-12-7-22(28,8-13-27)20-17-29-21(24-20)16-26(2)15-18-4-3-9-23-14-18/h3-4,9,14,17,19,28H,5-8,10-13,15-16H2,1-2H3. The molecule has 29 heavy (non-hydrogen) atoms. The van der Waals surface area contributed by atoms with Gasteiger partial charge >= 0.3 is 0 Å². The first-order valence-electron chi connectivity index (χ1n) is 10.7. The molecular formula is C22H33N5OS. The van der Waals surface area contributed by atoms with Crippen molar-refractivity contribution in [3.63, 3.8) is 0 Å². The van der Waals surface area contributed by atoms with E-state index in [9.17, 15) is 5.11 Å². The Hall–Kier alpha value is -1.38. The van der Waals surface area contributed by atoms with E-state index in [1.54, 1.807) is 17.5 Å². The van der Waals surface area contributed by atoms with Crippen LogP contribution in [-0.2, 0) is 18.7 Å². The normalized spacial score (nSPS) is 21.7. The molecule has 0 bridgehead atoms. The summed E-state index contributed by atoms with van der Waals surface area (Å²) in [5.74, 6) is 0. The van der Waals surface area contributed by atoms with Gasteiger partial charge in [-0.15, -0.1) is 11.3 Å². The van der Waals surface area contributed by atoms with Crippen LogP contribution in [0.1, 0.15) is 41.9 Å². The van der Waals surface area contributed by atoms with Crippen LogP contribution in [0, 0.1) is 0 Å². The lowest BCUT2D eigenvalue weighted by molar-refractivity contribution is -0.0440. The first kappa shape index (κ1) is 20.9. The second-order valence-electron chi connectivity index (χ2n) is 8.76. The number of aromatic nitrogens is 2. The van der Waals surface area contributed by atoms with Crippen molar-refractivity contribution in [1.82, 2.24) is 24.7 Å². The summed E-state index contributed by atoms with van der Waals surface area (Å²) >= 11 is 1.66. The molecule has 0 aliphatic carbocycles. The summed E-state index contributed by atoms with van der Waals surface area (Å²) in [6.45, 7) is 5.95. The maximum atomic E-state index is 11.3. The van der Waals surface area contributed by atoms with Crippen molar-refractivity contribution in [2.24, 2.45) is 0 Å². The van der Waals surface area contributed by atoms with E-state index in [4.69, 9.17) is 4.98 Å². The molecule has 4 heterocycles. The zero-order valence-electron chi connectivity index (χ0n) is 17.6. The second-order valence-corrected chi connectivity index (χ2v) is 9.70. The molecule has 2 fully saturated rings. The summed E-state index contributed by atoms with van der Waals surface area (Å²) in [5.41, 5.74) is 1.31. The van der Waals surface area contributed by atoms with Crippen LogP contribution in [0.3, 0.4) is 0 Å². The highest BCUT2D eigenvalue weighted by atomic mass is 32.1. The highest BCUT2D eigenvalue weighted by Gasteiger charge is 2.38. The summed E-state index contributed by atoms with van der Waals surface area (Å²) in [6, 6.07) is 4.75. The molecule has 0 amide bonds. The Labute approximate surface area is 178 Å². The number of likely N-dealkylation sites (tertiary alicyclic amines) is 2. The van der Waals surface area contributed by atoms with Crippen LogP contribution < -0.4 is 0 Å². The van der Waals surface area contributed by atoms with Gasteiger partial charge in [0.2, 0.25) is 0 Å². The molecule has 2 saturated heterocycles. The van der Waals surface area contributed by atoms with Gasteiger partial charge in [0.15, 0.2) is 0 Å². The average Bonchev–Trinajstić information content (AvgIpc) is 3.19. The molecule has 1 N–H and O–H groups in total. The van der Waals surface area contributed by atoms with E-state index < -0.39 is 5.60 Å². The molecule has 0 radical (unpaired) electrons. The molecule has 2 aliphatic rings. The molecule has 2 aromatic rings. The van der Waals surface area contributed by atoms with Crippen LogP contribution in [0.25, 0.3) is 0 Å². The summed E-state index contributed by atoms with van der Waals surface area (Å²) in [5, 5.41) is 14.4. The number of hydrogen-bond donors (Lipinski definition) is 1. The number of hydrogen-bond acceptors (Lipinski definition) is 7. The predicted molar refractivity (Wildman–Crippen MR) is 117 cm³/mol. The lowest BCUT2D eigenvalue weighted by atomic mass is 9.87. The fraction of sp³-hybridized carbons (Fsp3) is 0.636. The van der Waals surface area contributed by atoms with Gasteiger partial charge in [0.1, 0.15) is 10.6 Å². The highest BCUT2D eigenvalue weighted by Crippen LogP contribution is 2.35. The van der Waals surface area contributed by atoms with Crippen LogP contribution in [-0.4, -0.2) is 76.1 Å². The van der Waals surface area contributed by atoms with Crippen molar-refractivity contribution >= 4 is 11.3 Å². The van der Waals surface area contributed by atoms with Crippen molar-refractivity contribution in [2.75, 3.05) is 40.3 Å². The van der Waals surface area contributed by atoms with Gasteiger partial charge in [-0.1, -0.05) is 6.07 Å². The zero-order valence-corrected chi connectivity index (χ0v) is 18.4. The Kier molecular flexibility index (Phi) is 6.61. The van der Waals surface area contributed by atoms with Crippen molar-refractivity contribution in [3.8, 4) is 0 Å². The topological polar surface area (TPSA) is 55.7 Å². The minimum atomic E-state index is -0.765. The van der Waals surface area contributed by atoms with E-state index in [-0.39, 0.29) is 0 Å². The van der Waals surface area contributed by atoms with Crippen molar-refractivity contribution in [3.05, 3.63) is 46.2 Å². The molecule has 0 spiro atoms. The van der Waals surface area contributed by atoms with E-state index in [2.05, 4.69) is 45.2 Å². The fourth-order valence-corrected chi connectivity index (χ4v) is 5.53. The van der Waals surface area contributed by atoms with Crippen LogP contribution in [0.2, 0.25) is 0 Å². The molecular weight excluding hydrogens is 382 g/mol. The number of aliphatic hydroxyl groups is 1. The fourth-order valence-electron chi connectivity index (χ4n) is 4.56. The van der Waals surface area contributed by atoms with Gasteiger partial charge in [-0.05, 0) is 64.5 Å². The number of pyridine rings is 1. The summed E-state index contributed by atoms with van der Waals surface area (Å²) in [4.78, 5) is 16.3. The maximum absolute atomic E-state index is 11.3. The smallest absolute Gasteiger partial charge is 0.110 e. The van der Waals surface area contributed by atoms with Gasteiger partial charge < -0.3 is 14.9 Å². The van der Waals surface area contributed by atoms with Gasteiger partial charge in [-0.2, -0.15) is 0 Å². The van der Waals surface area contributed by atoms with Gasteiger partial charge in [0.05, 0.1) is 12.2 Å². The molecule has 7 heteroatoms. The monoisotopic (exact) mass is 415 g/mol. The van der Waals surface area contributed by atoms with Crippen molar-refractivity contribution < 1.29 is 5.11 Å². The maximum Gasteiger partial charge on any atom is 0.110 e. The quantitative estimate of drug-likeness (QED) is 0.783. The average molecular weight is 416 g/mol. The first-order valence-corrected chi connectivity index (χ1v) is 11.6. The molecule has 0 aromatic carbocycles. The third-order valence-corrected chi connectivity index (χ3v) is 7.27. The van der Waals surface area contributed by atoms with E-state index in [1.165, 1.54) is 31.5 Å². The van der Waals surface area contributed by atoms with Crippen LogP contribution in [0.15, 0.2) is 29.9 Å². The molecule has 4 rings (SSSR count). The lowest BCUT2D eigenvalue weighted by Crippen LogP contribution is -2.50. The Morgan fingerprint density at radius 2 is 1.97 bits per heavy atom. The summed E-state index contributed by atoms with van der Waals surface area (Å²) in [7, 11) is 4.31. The molecule has 6 nitrogen and oxygen atoms in total. The Morgan fingerprint density at radius 1 is 1.21 bits per heavy atom. The Balaban J connectivity index is 1.31. The Bertz CT molecular complexity index is 767. The van der Waals surface area contributed by atoms with Crippen LogP contribution in [0.4, 0.5) is 0 Å². The van der Waals surface area contributed by atoms with Crippen LogP contribution in [0.5, 0.6) is 0 Å². The largest absolute Gasteiger partial charge is 0.383 e. The molecule has 0 atom stereocenters. The lowest BCUT2D eigenvalue weighted by Gasteiger charge is -2.43. The zero-order chi connectivity index (χ0) is 20.3. The van der Waals surface area contributed by atoms with Gasteiger partial charge in [-0.3, -0.25) is 9.88 Å². The number of thiazole rings is 1. The van der Waals surface area contributed by atoms with Gasteiger partial charge in [0.25, 0.3) is 0 Å². The number of piperidine rings is 2. The minimum absolute atomic E-state index is 0.683. The van der Waals surface area contributed by atoms with E-state index in [1.807, 2.05) is 12.3 Å². The SMILES string of the molecule is CN1CCC(N2CCC(O)(c3csc(CN(C)Cc4cccnc4)n3)CC2)CC1. The van der Waals surface area contributed by atoms with Gasteiger partial charge in [0, 0.05) is 43.4 Å². The van der Waals surface area contributed by atoms with E-state index in [0.717, 1.165) is 49.7 Å². The second kappa shape index (κ2) is 9.18. The third-order valence-electron chi connectivity index (χ3n) is 6.44. The number of nitrogens with zero attached hydrogens (tertiary/aromatic N) is 5. The van der Waals surface area contributed by atoms with E-state index >= 15 is 0 Å². The summed E-state index contributed by atoms with van der Waals surface area (Å²) < 4.78 is 0. The molecule has 0 saturated carbocycles. The predicted octanol–water partition coefficient (Wildman–Crippen LogP) is 2.55. The Morgan fingerprint density at radius 3 is 2.66 bits per heavy atom. The van der Waals surface area contributed by atoms with Crippen LogP contribution >= 0.6 is 11.3 Å². The molecule has 2 aromatic heterocycles. The minimum Gasteiger partial charge on any atom is -0.383 e. The van der Waals surface area contributed by atoms with Crippen molar-refractivity contribution in [2.45, 2.75) is 50.4 Å². The third kappa shape index (κ3) is 5.22. The first-order chi connectivity index (χ1) is 14.0. The van der Waals surface area contributed by atoms with Crippen molar-refractivity contribution in [1.29, 1.82) is 0 Å². The van der Waals surface area contributed by atoms with Gasteiger partial charge in [-0.25, -0.2) is 4.98 Å². The highest BCUT2D eigenvalue weighted by molar-refractivity contribution is 7.09. The molecule has 158 valence electrons. The summed E-state index contributed by atoms with van der Waals surface area (Å²) in [6.07, 6.45) is 7.78. The van der Waals surface area contributed by atoms with E-state index in [0.29, 0.717) is 6.04 Å². The molecule has 0 unspecified atom stereocenters. The molecule has 2 aliphatic heterocycles. The number of rotatable bonds is 6.